The van der Waals surface area contributed by atoms with Gasteiger partial charge in [0.15, 0.2) is 0 Å². The summed E-state index contributed by atoms with van der Waals surface area (Å²) in [5, 5.41) is 5.07. The zero-order valence-corrected chi connectivity index (χ0v) is 35.7. The lowest BCUT2D eigenvalue weighted by molar-refractivity contribution is 0.660. The molecule has 0 spiro atoms. The Labute approximate surface area is 364 Å². The molecule has 0 fully saturated rings. The normalized spacial score (nSPS) is 17.9. The predicted molar refractivity (Wildman–Crippen MR) is 261 cm³/mol. The van der Waals surface area contributed by atoms with Gasteiger partial charge in [0, 0.05) is 44.9 Å². The Balaban J connectivity index is 1.10. The average molecular weight is 797 g/mol. The van der Waals surface area contributed by atoms with Gasteiger partial charge in [-0.1, -0.05) is 179 Å². The summed E-state index contributed by atoms with van der Waals surface area (Å²) in [4.78, 5) is 5.08. The van der Waals surface area contributed by atoms with Crippen LogP contribution in [0.2, 0.25) is 0 Å². The van der Waals surface area contributed by atoms with Gasteiger partial charge in [0.1, 0.15) is 0 Å². The van der Waals surface area contributed by atoms with E-state index in [1.807, 2.05) is 0 Å². The predicted octanol–water partition coefficient (Wildman–Crippen LogP) is 13.8. The van der Waals surface area contributed by atoms with Crippen LogP contribution in [0.5, 0.6) is 0 Å². The minimum Gasteiger partial charge on any atom is -0.334 e. The third-order valence-corrected chi connectivity index (χ3v) is 14.4. The van der Waals surface area contributed by atoms with E-state index in [1.165, 1.54) is 88.4 Å². The van der Waals surface area contributed by atoms with Crippen molar-refractivity contribution in [2.75, 3.05) is 9.80 Å². The molecule has 2 unspecified atom stereocenters. The van der Waals surface area contributed by atoms with Gasteiger partial charge in [-0.3, -0.25) is 0 Å². The van der Waals surface area contributed by atoms with Gasteiger partial charge >= 0.3 is 0 Å². The molecule has 8 aromatic carbocycles. The molecular weight excluding hydrogens is 749 g/mol. The van der Waals surface area contributed by atoms with E-state index < -0.39 is 0 Å². The summed E-state index contributed by atoms with van der Waals surface area (Å²) in [6, 6.07) is 65.7. The van der Waals surface area contributed by atoms with E-state index in [-0.39, 0.29) is 22.8 Å². The van der Waals surface area contributed by atoms with Crippen molar-refractivity contribution in [1.29, 1.82) is 0 Å². The summed E-state index contributed by atoms with van der Waals surface area (Å²) < 4.78 is 0. The molecular formula is C60H48N2. The molecule has 2 nitrogen and oxygen atoms in total. The van der Waals surface area contributed by atoms with E-state index in [2.05, 4.69) is 244 Å². The molecule has 0 N–H and O–H groups in total. The molecule has 62 heavy (non-hydrogen) atoms. The minimum absolute atomic E-state index is 0.00159. The standard InChI is InChI=1S/C60H48N2/c1-59(2)52-29-17-15-23-44(52)50-37-42(31-33-54(50)59)61(40-19-7-5-8-20-40)56-35-39-36-57(47-26-12-14-28-49(47)58(39)48-27-13-11-25-46(48)56)62(41-21-9-6-10-22-41)43-32-34-55-51(38-43)45-24-16-18-30-53(45)60(55,3)4/h5-38,46,56H,1-4H3. The summed E-state index contributed by atoms with van der Waals surface area (Å²) >= 11 is 0. The molecule has 12 rings (SSSR count). The molecule has 0 saturated heterocycles. The number of allylic oxidation sites excluding steroid dienone is 3. The third kappa shape index (κ3) is 5.36. The Hall–Kier alpha value is -7.16. The highest BCUT2D eigenvalue weighted by atomic mass is 15.2. The van der Waals surface area contributed by atoms with Crippen LogP contribution < -0.4 is 20.2 Å². The van der Waals surface area contributed by atoms with Crippen LogP contribution in [0.4, 0.5) is 28.4 Å². The fourth-order valence-corrected chi connectivity index (χ4v) is 11.4. The maximum Gasteiger partial charge on any atom is 0.0634 e. The van der Waals surface area contributed by atoms with Crippen molar-refractivity contribution in [2.24, 2.45) is 5.92 Å². The van der Waals surface area contributed by atoms with E-state index in [4.69, 9.17) is 0 Å². The summed E-state index contributed by atoms with van der Waals surface area (Å²) in [5.74, 6) is 0.129. The van der Waals surface area contributed by atoms with E-state index in [0.29, 0.717) is 0 Å². The number of anilines is 5. The van der Waals surface area contributed by atoms with Crippen molar-refractivity contribution in [3.8, 4) is 22.3 Å². The molecule has 4 aliphatic carbocycles. The number of hydrogen-bond donors (Lipinski definition) is 0. The molecule has 8 aromatic rings. The second kappa shape index (κ2) is 13.7. The van der Waals surface area contributed by atoms with Crippen molar-refractivity contribution in [3.05, 3.63) is 233 Å². The lowest BCUT2D eigenvalue weighted by Crippen LogP contribution is -2.46. The van der Waals surface area contributed by atoms with Gasteiger partial charge in [0.2, 0.25) is 0 Å². The summed E-state index contributed by atoms with van der Waals surface area (Å²) in [5.41, 5.74) is 17.9. The third-order valence-electron chi connectivity index (χ3n) is 14.4. The molecule has 0 aromatic heterocycles. The van der Waals surface area contributed by atoms with Crippen LogP contribution >= 0.6 is 0 Å². The fourth-order valence-electron chi connectivity index (χ4n) is 11.4. The molecule has 0 amide bonds. The van der Waals surface area contributed by atoms with Crippen molar-refractivity contribution in [3.63, 3.8) is 0 Å². The van der Waals surface area contributed by atoms with Crippen molar-refractivity contribution >= 4 is 50.9 Å². The van der Waals surface area contributed by atoms with Crippen molar-refractivity contribution in [2.45, 2.75) is 44.6 Å². The van der Waals surface area contributed by atoms with Gasteiger partial charge in [0.05, 0.1) is 11.7 Å². The number of fused-ring (bicyclic) bond motifs is 10. The van der Waals surface area contributed by atoms with Crippen LogP contribution in [0.25, 0.3) is 44.7 Å². The number of rotatable bonds is 6. The Kier molecular flexibility index (Phi) is 8.09. The van der Waals surface area contributed by atoms with Gasteiger partial charge in [-0.15, -0.1) is 0 Å². The molecule has 298 valence electrons. The quantitative estimate of drug-likeness (QED) is 0.165. The smallest absolute Gasteiger partial charge is 0.0634 e. The maximum absolute atomic E-state index is 2.59. The first-order valence-electron chi connectivity index (χ1n) is 22.1. The van der Waals surface area contributed by atoms with E-state index >= 15 is 0 Å². The number of benzene rings is 8. The average Bonchev–Trinajstić information content (AvgIpc) is 3.68. The van der Waals surface area contributed by atoms with Crippen LogP contribution in [-0.2, 0) is 10.8 Å². The zero-order chi connectivity index (χ0) is 41.7. The van der Waals surface area contributed by atoms with E-state index in [9.17, 15) is 0 Å². The molecule has 2 heteroatoms. The first-order chi connectivity index (χ1) is 30.3. The molecule has 0 heterocycles. The highest BCUT2D eigenvalue weighted by Gasteiger charge is 2.38. The van der Waals surface area contributed by atoms with Gasteiger partial charge in [-0.2, -0.15) is 0 Å². The van der Waals surface area contributed by atoms with E-state index in [0.717, 1.165) is 11.4 Å². The van der Waals surface area contributed by atoms with Crippen LogP contribution in [0.1, 0.15) is 49.9 Å². The summed E-state index contributed by atoms with van der Waals surface area (Å²) in [6.07, 6.45) is 11.8. The number of nitrogens with zero attached hydrogens (tertiary/aromatic N) is 2. The molecule has 0 radical (unpaired) electrons. The Morgan fingerprint density at radius 1 is 0.435 bits per heavy atom. The molecule has 2 atom stereocenters. The number of para-hydroxylation sites is 2. The Morgan fingerprint density at radius 3 is 1.63 bits per heavy atom. The van der Waals surface area contributed by atoms with Crippen LogP contribution in [0.3, 0.4) is 0 Å². The Bertz CT molecular complexity index is 3310. The van der Waals surface area contributed by atoms with Crippen molar-refractivity contribution < 1.29 is 0 Å². The van der Waals surface area contributed by atoms with Crippen LogP contribution in [-0.4, -0.2) is 6.04 Å². The highest BCUT2D eigenvalue weighted by molar-refractivity contribution is 6.02. The number of hydrogen-bond acceptors (Lipinski definition) is 2. The molecule has 0 saturated carbocycles. The summed E-state index contributed by atoms with van der Waals surface area (Å²) in [7, 11) is 0. The first-order valence-corrected chi connectivity index (χ1v) is 22.1. The Morgan fingerprint density at radius 2 is 0.968 bits per heavy atom. The van der Waals surface area contributed by atoms with Gasteiger partial charge in [0.25, 0.3) is 0 Å². The van der Waals surface area contributed by atoms with E-state index in [1.54, 1.807) is 0 Å². The van der Waals surface area contributed by atoms with Crippen LogP contribution in [0.15, 0.2) is 200 Å². The SMILES string of the molecule is CC1(C)c2ccccc2-c2cc(N(c3ccccc3)c3cc4c(c5ccccc35)=C3C=CC=CC3C(N(c3ccccc3)c3ccc5c(c3)-c3ccccc3C5(C)C)C=4)ccc21. The second-order valence-electron chi connectivity index (χ2n) is 18.5. The van der Waals surface area contributed by atoms with Crippen molar-refractivity contribution in [1.82, 2.24) is 0 Å². The van der Waals surface area contributed by atoms with Gasteiger partial charge in [-0.05, 0) is 121 Å². The minimum atomic E-state index is -0.0662. The van der Waals surface area contributed by atoms with Crippen LogP contribution in [0, 0.1) is 5.92 Å². The molecule has 0 aliphatic heterocycles. The first kappa shape index (κ1) is 36.7. The maximum atomic E-state index is 2.59. The fraction of sp³-hybridized carbons (Fsp3) is 0.133. The lowest BCUT2D eigenvalue weighted by atomic mass is 9.79. The summed E-state index contributed by atoms with van der Waals surface area (Å²) in [6.45, 7) is 9.44. The molecule has 4 aliphatic rings. The monoisotopic (exact) mass is 796 g/mol. The lowest BCUT2D eigenvalue weighted by Gasteiger charge is -2.39. The second-order valence-corrected chi connectivity index (χ2v) is 18.5. The largest absolute Gasteiger partial charge is 0.334 e. The van der Waals surface area contributed by atoms with Gasteiger partial charge in [-0.25, -0.2) is 0 Å². The zero-order valence-electron chi connectivity index (χ0n) is 35.7. The van der Waals surface area contributed by atoms with Gasteiger partial charge < -0.3 is 9.80 Å². The molecule has 0 bridgehead atoms. The topological polar surface area (TPSA) is 6.48 Å². The highest BCUT2D eigenvalue weighted by Crippen LogP contribution is 2.52.